The number of aromatic amines is 1. The summed E-state index contributed by atoms with van der Waals surface area (Å²) in [5, 5.41) is 2.90. The molecule has 0 saturated carbocycles. The smallest absolute Gasteiger partial charge is 0.330 e. The number of nitrogens with one attached hydrogen (secondary N) is 2. The summed E-state index contributed by atoms with van der Waals surface area (Å²) in [5.74, 6) is 2.61. The van der Waals surface area contributed by atoms with Crippen molar-refractivity contribution in [3.63, 3.8) is 0 Å². The van der Waals surface area contributed by atoms with Crippen LogP contribution >= 0.6 is 0 Å². The van der Waals surface area contributed by atoms with Gasteiger partial charge in [0, 0.05) is 20.1 Å². The molecule has 0 atom stereocenters. The first kappa shape index (κ1) is 14.9. The van der Waals surface area contributed by atoms with Gasteiger partial charge >= 0.3 is 5.69 Å². The molecule has 0 aliphatic rings. The number of rotatable bonds is 7. The highest BCUT2D eigenvalue weighted by atomic mass is 16.5. The van der Waals surface area contributed by atoms with E-state index in [0.29, 0.717) is 26.0 Å². The van der Waals surface area contributed by atoms with Crippen molar-refractivity contribution in [1.29, 1.82) is 0 Å². The Bertz CT molecular complexity index is 568. The normalized spacial score (nSPS) is 10.1. The maximum Gasteiger partial charge on any atom is 0.330 e. The number of H-pyrrole nitrogens is 1. The molecule has 0 amide bonds. The Morgan fingerprint density at radius 2 is 2.26 bits per heavy atom. The van der Waals surface area contributed by atoms with E-state index >= 15 is 0 Å². The Balaban J connectivity index is 2.94. The number of hydrogen-bond donors (Lipinski definition) is 3. The van der Waals surface area contributed by atoms with E-state index in [0.717, 1.165) is 0 Å². The quantitative estimate of drug-likeness (QED) is 0.460. The number of hydrogen-bond acceptors (Lipinski definition) is 5. The van der Waals surface area contributed by atoms with E-state index in [9.17, 15) is 9.59 Å². The van der Waals surface area contributed by atoms with E-state index in [4.69, 9.17) is 16.9 Å². The van der Waals surface area contributed by atoms with Crippen LogP contribution in [0.5, 0.6) is 0 Å². The SMILES string of the molecule is C#CCCCNc1c(N)n(CCOC)c(=O)[nH]c1=O. The van der Waals surface area contributed by atoms with Gasteiger partial charge in [0.25, 0.3) is 5.56 Å². The number of terminal acetylenes is 1. The third-order valence-electron chi connectivity index (χ3n) is 2.56. The summed E-state index contributed by atoms with van der Waals surface area (Å²) in [6, 6.07) is 0. The maximum absolute atomic E-state index is 11.7. The van der Waals surface area contributed by atoms with Gasteiger partial charge < -0.3 is 15.8 Å². The van der Waals surface area contributed by atoms with Crippen LogP contribution in [0.4, 0.5) is 11.5 Å². The Labute approximate surface area is 110 Å². The third-order valence-corrected chi connectivity index (χ3v) is 2.56. The summed E-state index contributed by atoms with van der Waals surface area (Å²) in [6.07, 6.45) is 6.46. The molecule has 0 unspecified atom stereocenters. The second-order valence-corrected chi connectivity index (χ2v) is 3.90. The van der Waals surface area contributed by atoms with Gasteiger partial charge in [0.15, 0.2) is 0 Å². The summed E-state index contributed by atoms with van der Waals surface area (Å²) in [5.41, 5.74) is 4.93. The van der Waals surface area contributed by atoms with E-state index in [1.807, 2.05) is 0 Å². The van der Waals surface area contributed by atoms with E-state index in [1.165, 1.54) is 11.7 Å². The fourth-order valence-corrected chi connectivity index (χ4v) is 1.57. The zero-order valence-corrected chi connectivity index (χ0v) is 10.9. The van der Waals surface area contributed by atoms with Gasteiger partial charge in [0.2, 0.25) is 0 Å². The lowest BCUT2D eigenvalue weighted by Gasteiger charge is -2.13. The van der Waals surface area contributed by atoms with Gasteiger partial charge in [-0.2, -0.15) is 0 Å². The highest BCUT2D eigenvalue weighted by Crippen LogP contribution is 2.09. The predicted molar refractivity (Wildman–Crippen MR) is 74.2 cm³/mol. The predicted octanol–water partition coefficient (Wildman–Crippen LogP) is -0.409. The zero-order valence-electron chi connectivity index (χ0n) is 10.9. The molecule has 7 nitrogen and oxygen atoms in total. The third kappa shape index (κ3) is 3.89. The number of nitrogens with zero attached hydrogens (tertiary/aromatic N) is 1. The largest absolute Gasteiger partial charge is 0.383 e. The Morgan fingerprint density at radius 1 is 1.53 bits per heavy atom. The Kier molecular flexibility index (Phi) is 5.70. The van der Waals surface area contributed by atoms with Crippen LogP contribution in [0.1, 0.15) is 12.8 Å². The van der Waals surface area contributed by atoms with Crippen molar-refractivity contribution in [3.8, 4) is 12.3 Å². The zero-order chi connectivity index (χ0) is 14.3. The molecule has 1 heterocycles. The monoisotopic (exact) mass is 266 g/mol. The van der Waals surface area contributed by atoms with Crippen molar-refractivity contribution in [3.05, 3.63) is 20.8 Å². The molecule has 0 saturated heterocycles. The molecule has 4 N–H and O–H groups in total. The summed E-state index contributed by atoms with van der Waals surface area (Å²) in [7, 11) is 1.52. The van der Waals surface area contributed by atoms with Crippen molar-refractivity contribution in [2.24, 2.45) is 0 Å². The molecule has 1 aromatic rings. The molecule has 1 aromatic heterocycles. The van der Waals surface area contributed by atoms with E-state index in [-0.39, 0.29) is 18.1 Å². The van der Waals surface area contributed by atoms with Crippen molar-refractivity contribution in [1.82, 2.24) is 9.55 Å². The number of nitrogen functional groups attached to an aromatic ring is 1. The lowest BCUT2D eigenvalue weighted by molar-refractivity contribution is 0.186. The highest BCUT2D eigenvalue weighted by Gasteiger charge is 2.11. The lowest BCUT2D eigenvalue weighted by atomic mass is 10.3. The minimum absolute atomic E-state index is 0.103. The molecule has 104 valence electrons. The van der Waals surface area contributed by atoms with Gasteiger partial charge in [-0.3, -0.25) is 14.3 Å². The standard InChI is InChI=1S/C12H18N4O3/c1-3-4-5-6-14-9-10(13)16(7-8-19-2)12(18)15-11(9)17/h1,14H,4-8,13H2,2H3,(H,15,17,18). The summed E-state index contributed by atoms with van der Waals surface area (Å²) >= 11 is 0. The molecule has 0 spiro atoms. The van der Waals surface area contributed by atoms with E-state index < -0.39 is 11.2 Å². The minimum Gasteiger partial charge on any atom is -0.383 e. The molecule has 0 radical (unpaired) electrons. The van der Waals surface area contributed by atoms with Crippen molar-refractivity contribution >= 4 is 11.5 Å². The molecule has 0 fully saturated rings. The number of ether oxygens (including phenoxy) is 1. The summed E-state index contributed by atoms with van der Waals surface area (Å²) in [4.78, 5) is 25.5. The van der Waals surface area contributed by atoms with Crippen LogP contribution < -0.4 is 22.3 Å². The average molecular weight is 266 g/mol. The first-order valence-corrected chi connectivity index (χ1v) is 5.90. The summed E-state index contributed by atoms with van der Waals surface area (Å²) in [6.45, 7) is 1.11. The van der Waals surface area contributed by atoms with Crippen LogP contribution in [0.15, 0.2) is 9.59 Å². The fourth-order valence-electron chi connectivity index (χ4n) is 1.57. The van der Waals surface area contributed by atoms with E-state index in [1.54, 1.807) is 0 Å². The van der Waals surface area contributed by atoms with Gasteiger partial charge in [0.05, 0.1) is 13.2 Å². The first-order valence-electron chi connectivity index (χ1n) is 5.90. The minimum atomic E-state index is -0.547. The summed E-state index contributed by atoms with van der Waals surface area (Å²) < 4.78 is 6.15. The van der Waals surface area contributed by atoms with E-state index in [2.05, 4.69) is 16.2 Å². The molecule has 0 aliphatic carbocycles. The molecular weight excluding hydrogens is 248 g/mol. The highest BCUT2D eigenvalue weighted by molar-refractivity contribution is 5.60. The maximum atomic E-state index is 11.7. The molecule has 1 rings (SSSR count). The van der Waals surface area contributed by atoms with Crippen LogP contribution in [0, 0.1) is 12.3 Å². The first-order chi connectivity index (χ1) is 9.11. The van der Waals surface area contributed by atoms with Crippen LogP contribution in [-0.2, 0) is 11.3 Å². The van der Waals surface area contributed by atoms with Crippen LogP contribution in [0.25, 0.3) is 0 Å². The molecular formula is C12H18N4O3. The number of methoxy groups -OCH3 is 1. The topological polar surface area (TPSA) is 102 Å². The number of unbranched alkanes of at least 4 members (excludes halogenated alkanes) is 1. The van der Waals surface area contributed by atoms with Gasteiger partial charge in [-0.05, 0) is 6.42 Å². The van der Waals surface area contributed by atoms with Crippen LogP contribution in [-0.4, -0.2) is 29.8 Å². The average Bonchev–Trinajstić information content (AvgIpc) is 2.37. The second kappa shape index (κ2) is 7.28. The van der Waals surface area contributed by atoms with Crippen molar-refractivity contribution in [2.75, 3.05) is 31.3 Å². The molecule has 0 aromatic carbocycles. The van der Waals surface area contributed by atoms with Crippen molar-refractivity contribution in [2.45, 2.75) is 19.4 Å². The van der Waals surface area contributed by atoms with Crippen LogP contribution in [0.3, 0.4) is 0 Å². The lowest BCUT2D eigenvalue weighted by Crippen LogP contribution is -2.35. The molecule has 0 aliphatic heterocycles. The number of aromatic nitrogens is 2. The van der Waals surface area contributed by atoms with Gasteiger partial charge in [-0.15, -0.1) is 12.3 Å². The molecule has 0 bridgehead atoms. The number of nitrogens with two attached hydrogens (primary N) is 1. The molecule has 7 heteroatoms. The Morgan fingerprint density at radius 3 is 2.89 bits per heavy atom. The van der Waals surface area contributed by atoms with Crippen LogP contribution in [0.2, 0.25) is 0 Å². The molecule has 19 heavy (non-hydrogen) atoms. The fraction of sp³-hybridized carbons (Fsp3) is 0.500. The Hall–Kier alpha value is -2.20. The van der Waals surface area contributed by atoms with Gasteiger partial charge in [0.1, 0.15) is 11.5 Å². The van der Waals surface area contributed by atoms with Gasteiger partial charge in [-0.25, -0.2) is 4.79 Å². The van der Waals surface area contributed by atoms with Crippen molar-refractivity contribution < 1.29 is 4.74 Å². The number of anilines is 2. The van der Waals surface area contributed by atoms with Gasteiger partial charge in [-0.1, -0.05) is 0 Å². The second-order valence-electron chi connectivity index (χ2n) is 3.90.